The molecule has 1 heterocycles. The zero-order valence-corrected chi connectivity index (χ0v) is 16.4. The minimum Gasteiger partial charge on any atom is -0.466 e. The number of carbonyl (C=O) groups is 2. The average Bonchev–Trinajstić information content (AvgIpc) is 2.67. The Bertz CT molecular complexity index is 796. The number of rotatable bonds is 6. The second-order valence-electron chi connectivity index (χ2n) is 5.84. The molecule has 0 radical (unpaired) electrons. The SMILES string of the molecule is CCOC(=O)CCSC1=NC(C)=C(C(=O)OC)[C@@H](c2ccccc2)C1C#N. The molecule has 1 aliphatic rings. The summed E-state index contributed by atoms with van der Waals surface area (Å²) in [6, 6.07) is 11.7. The fraction of sp³-hybridized carbons (Fsp3) is 0.400. The third kappa shape index (κ3) is 4.98. The van der Waals surface area contributed by atoms with Crippen molar-refractivity contribution in [2.75, 3.05) is 19.5 Å². The Balaban J connectivity index is 2.35. The number of nitrogens with zero attached hydrogens (tertiary/aromatic N) is 2. The molecular formula is C20H22N2O4S. The van der Waals surface area contributed by atoms with Gasteiger partial charge < -0.3 is 9.47 Å². The van der Waals surface area contributed by atoms with Gasteiger partial charge in [0, 0.05) is 17.4 Å². The summed E-state index contributed by atoms with van der Waals surface area (Å²) in [7, 11) is 1.32. The maximum atomic E-state index is 12.4. The Labute approximate surface area is 163 Å². The maximum absolute atomic E-state index is 12.4. The van der Waals surface area contributed by atoms with Crippen molar-refractivity contribution in [1.29, 1.82) is 5.26 Å². The molecule has 0 N–H and O–H groups in total. The lowest BCUT2D eigenvalue weighted by molar-refractivity contribution is -0.142. The number of hydrogen-bond acceptors (Lipinski definition) is 7. The van der Waals surface area contributed by atoms with Crippen LogP contribution in [-0.2, 0) is 19.1 Å². The summed E-state index contributed by atoms with van der Waals surface area (Å²) in [5.74, 6) is -1.40. The van der Waals surface area contributed by atoms with Crippen LogP contribution in [0.5, 0.6) is 0 Å². The summed E-state index contributed by atoms with van der Waals surface area (Å²) in [4.78, 5) is 28.4. The van der Waals surface area contributed by atoms with Gasteiger partial charge in [-0.2, -0.15) is 5.26 Å². The Morgan fingerprint density at radius 3 is 2.59 bits per heavy atom. The molecule has 1 aromatic rings. The highest BCUT2D eigenvalue weighted by Crippen LogP contribution is 2.41. The van der Waals surface area contributed by atoms with Crippen LogP contribution in [0.3, 0.4) is 0 Å². The molecule has 1 aromatic carbocycles. The molecule has 1 aliphatic heterocycles. The molecule has 6 nitrogen and oxygen atoms in total. The lowest BCUT2D eigenvalue weighted by Gasteiger charge is -2.29. The number of esters is 2. The van der Waals surface area contributed by atoms with Gasteiger partial charge in [0.1, 0.15) is 5.92 Å². The summed E-state index contributed by atoms with van der Waals surface area (Å²) in [6.45, 7) is 3.84. The van der Waals surface area contributed by atoms with E-state index < -0.39 is 17.8 Å². The van der Waals surface area contributed by atoms with E-state index in [2.05, 4.69) is 11.1 Å². The standard InChI is InChI=1S/C20H22N2O4S/c1-4-26-16(23)10-11-27-19-15(12-21)18(14-8-6-5-7-9-14)17(13(2)22-19)20(24)25-3/h5-9,15,18H,4,10-11H2,1-3H3/t15?,18-/m0/s1. The van der Waals surface area contributed by atoms with Crippen molar-refractivity contribution in [3.63, 3.8) is 0 Å². The number of carbonyl (C=O) groups excluding carboxylic acids is 2. The third-order valence-corrected chi connectivity index (χ3v) is 5.19. The average molecular weight is 386 g/mol. The molecule has 0 aliphatic carbocycles. The first-order valence-corrected chi connectivity index (χ1v) is 9.62. The summed E-state index contributed by atoms with van der Waals surface area (Å²) in [5, 5.41) is 10.4. The van der Waals surface area contributed by atoms with Crippen molar-refractivity contribution in [2.45, 2.75) is 26.2 Å². The molecule has 0 saturated carbocycles. The van der Waals surface area contributed by atoms with E-state index in [0.29, 0.717) is 28.7 Å². The van der Waals surface area contributed by atoms with Crippen LogP contribution < -0.4 is 0 Å². The molecule has 1 unspecified atom stereocenters. The topological polar surface area (TPSA) is 88.8 Å². The quantitative estimate of drug-likeness (QED) is 0.696. The van der Waals surface area contributed by atoms with E-state index in [1.165, 1.54) is 18.9 Å². The van der Waals surface area contributed by atoms with Crippen molar-refractivity contribution >= 4 is 28.7 Å². The Morgan fingerprint density at radius 1 is 1.30 bits per heavy atom. The van der Waals surface area contributed by atoms with Gasteiger partial charge in [0.15, 0.2) is 0 Å². The number of thioether (sulfide) groups is 1. The minimum absolute atomic E-state index is 0.234. The second-order valence-corrected chi connectivity index (χ2v) is 6.95. The van der Waals surface area contributed by atoms with Crippen LogP contribution in [0.4, 0.5) is 0 Å². The van der Waals surface area contributed by atoms with Crippen molar-refractivity contribution in [3.8, 4) is 6.07 Å². The number of methoxy groups -OCH3 is 1. The highest BCUT2D eigenvalue weighted by atomic mass is 32.2. The van der Waals surface area contributed by atoms with E-state index in [0.717, 1.165) is 5.56 Å². The van der Waals surface area contributed by atoms with Crippen molar-refractivity contribution in [1.82, 2.24) is 0 Å². The van der Waals surface area contributed by atoms with Crippen molar-refractivity contribution in [2.24, 2.45) is 10.9 Å². The van der Waals surface area contributed by atoms with Gasteiger partial charge in [-0.05, 0) is 19.4 Å². The number of hydrogen-bond donors (Lipinski definition) is 0. The van der Waals surface area contributed by atoms with Crippen LogP contribution in [0.25, 0.3) is 0 Å². The normalized spacial score (nSPS) is 19.1. The molecule has 2 atom stereocenters. The molecule has 0 aromatic heterocycles. The van der Waals surface area contributed by atoms with E-state index in [4.69, 9.17) is 9.47 Å². The fourth-order valence-electron chi connectivity index (χ4n) is 2.96. The fourth-order valence-corrected chi connectivity index (χ4v) is 4.01. The Hall–Kier alpha value is -2.59. The molecular weight excluding hydrogens is 364 g/mol. The molecule has 0 saturated heterocycles. The molecule has 0 fully saturated rings. The van der Waals surface area contributed by atoms with Gasteiger partial charge in [-0.25, -0.2) is 9.79 Å². The molecule has 0 amide bonds. The molecule has 7 heteroatoms. The van der Waals surface area contributed by atoms with Crippen LogP contribution in [-0.4, -0.2) is 36.5 Å². The number of benzene rings is 1. The van der Waals surface area contributed by atoms with Gasteiger partial charge in [-0.15, -0.1) is 11.8 Å². The highest BCUT2D eigenvalue weighted by Gasteiger charge is 2.39. The lowest BCUT2D eigenvalue weighted by Crippen LogP contribution is -2.29. The van der Waals surface area contributed by atoms with Crippen LogP contribution in [0.2, 0.25) is 0 Å². The molecule has 0 spiro atoms. The molecule has 0 bridgehead atoms. The molecule has 142 valence electrons. The van der Waals surface area contributed by atoms with E-state index in [-0.39, 0.29) is 12.4 Å². The van der Waals surface area contributed by atoms with Gasteiger partial charge in [-0.3, -0.25) is 4.79 Å². The molecule has 2 rings (SSSR count). The van der Waals surface area contributed by atoms with Crippen LogP contribution in [0, 0.1) is 17.2 Å². The first-order chi connectivity index (χ1) is 13.0. The van der Waals surface area contributed by atoms with Gasteiger partial charge in [0.25, 0.3) is 0 Å². The second kappa shape index (κ2) is 9.93. The van der Waals surface area contributed by atoms with Crippen LogP contribution in [0.1, 0.15) is 31.7 Å². The van der Waals surface area contributed by atoms with Crippen molar-refractivity contribution in [3.05, 3.63) is 47.2 Å². The number of nitriles is 1. The summed E-state index contributed by atoms with van der Waals surface area (Å²) in [5.41, 5.74) is 1.77. The first-order valence-electron chi connectivity index (χ1n) is 8.64. The van der Waals surface area contributed by atoms with Crippen molar-refractivity contribution < 1.29 is 19.1 Å². The van der Waals surface area contributed by atoms with Crippen LogP contribution in [0.15, 0.2) is 46.6 Å². The Kier molecular flexibility index (Phi) is 7.62. The minimum atomic E-state index is -0.627. The van der Waals surface area contributed by atoms with Gasteiger partial charge in [0.05, 0.1) is 36.8 Å². The van der Waals surface area contributed by atoms with Gasteiger partial charge in [-0.1, -0.05) is 30.3 Å². The first kappa shape index (κ1) is 20.7. The zero-order chi connectivity index (χ0) is 19.8. The number of aliphatic imine (C=N–C) groups is 1. The smallest absolute Gasteiger partial charge is 0.336 e. The largest absolute Gasteiger partial charge is 0.466 e. The summed E-state index contributed by atoms with van der Waals surface area (Å²) >= 11 is 1.35. The summed E-state index contributed by atoms with van der Waals surface area (Å²) < 4.78 is 9.87. The lowest BCUT2D eigenvalue weighted by atomic mass is 9.79. The van der Waals surface area contributed by atoms with E-state index in [9.17, 15) is 14.9 Å². The highest BCUT2D eigenvalue weighted by molar-refractivity contribution is 8.14. The monoisotopic (exact) mass is 386 g/mol. The number of ether oxygens (including phenoxy) is 2. The van der Waals surface area contributed by atoms with Crippen LogP contribution >= 0.6 is 11.8 Å². The third-order valence-electron chi connectivity index (χ3n) is 4.14. The van der Waals surface area contributed by atoms with E-state index >= 15 is 0 Å². The summed E-state index contributed by atoms with van der Waals surface area (Å²) in [6.07, 6.45) is 0.234. The zero-order valence-electron chi connectivity index (χ0n) is 15.6. The van der Waals surface area contributed by atoms with Gasteiger partial charge in [0.2, 0.25) is 0 Å². The predicted octanol–water partition coefficient (Wildman–Crippen LogP) is 3.46. The maximum Gasteiger partial charge on any atom is 0.336 e. The number of allylic oxidation sites excluding steroid dienone is 1. The Morgan fingerprint density at radius 2 is 2.00 bits per heavy atom. The van der Waals surface area contributed by atoms with Gasteiger partial charge >= 0.3 is 11.9 Å². The van der Waals surface area contributed by atoms with E-state index in [1.54, 1.807) is 13.8 Å². The molecule has 27 heavy (non-hydrogen) atoms. The van der Waals surface area contributed by atoms with E-state index in [1.807, 2.05) is 30.3 Å². The predicted molar refractivity (Wildman–Crippen MR) is 104 cm³/mol.